The number of aryl methyl sites for hydroxylation is 1. The van der Waals surface area contributed by atoms with E-state index in [0.717, 1.165) is 34.5 Å². The summed E-state index contributed by atoms with van der Waals surface area (Å²) in [6.07, 6.45) is 6.87. The van der Waals surface area contributed by atoms with Crippen LogP contribution < -0.4 is 10.2 Å². The van der Waals surface area contributed by atoms with Crippen LogP contribution in [0.25, 0.3) is 0 Å². The summed E-state index contributed by atoms with van der Waals surface area (Å²) < 4.78 is 0.977. The van der Waals surface area contributed by atoms with Gasteiger partial charge in [0.1, 0.15) is 5.69 Å². The Labute approximate surface area is 151 Å². The summed E-state index contributed by atoms with van der Waals surface area (Å²) in [6.45, 7) is 4.16. The average molecular weight is 388 g/mol. The van der Waals surface area contributed by atoms with Gasteiger partial charge in [-0.25, -0.2) is 4.98 Å². The molecule has 0 bridgehead atoms. The first-order valence-corrected chi connectivity index (χ1v) is 9.21. The number of nitrogens with one attached hydrogen (secondary N) is 1. The Morgan fingerprint density at radius 2 is 1.88 bits per heavy atom. The van der Waals surface area contributed by atoms with E-state index in [4.69, 9.17) is 0 Å². The monoisotopic (exact) mass is 387 g/mol. The third-order valence-electron chi connectivity index (χ3n) is 4.38. The van der Waals surface area contributed by atoms with Gasteiger partial charge in [-0.05, 0) is 49.6 Å². The SMILES string of the molecule is Cc1ccc(NC(=O)c2ccc(N3CCCCCC3)cn2)cc1Br. The molecule has 1 aliphatic rings. The normalized spacial score (nSPS) is 15.0. The number of rotatable bonds is 3. The molecule has 0 radical (unpaired) electrons. The number of carbonyl (C=O) groups excluding carboxylic acids is 1. The maximum absolute atomic E-state index is 12.4. The van der Waals surface area contributed by atoms with Crippen molar-refractivity contribution in [1.29, 1.82) is 0 Å². The van der Waals surface area contributed by atoms with Crippen LogP contribution in [0.3, 0.4) is 0 Å². The Morgan fingerprint density at radius 3 is 2.50 bits per heavy atom. The van der Waals surface area contributed by atoms with Crippen molar-refractivity contribution in [2.24, 2.45) is 0 Å². The first kappa shape index (κ1) is 17.0. The second-order valence-corrected chi connectivity index (χ2v) is 7.08. The minimum atomic E-state index is -0.187. The highest BCUT2D eigenvalue weighted by Gasteiger charge is 2.12. The molecule has 1 aromatic carbocycles. The number of anilines is 2. The standard InChI is InChI=1S/C19H22BrN3O/c1-14-6-7-15(12-17(14)20)22-19(24)18-9-8-16(13-21-18)23-10-4-2-3-5-11-23/h6-9,12-13H,2-5,10-11H2,1H3,(H,22,24). The zero-order valence-corrected chi connectivity index (χ0v) is 15.5. The number of carbonyl (C=O) groups is 1. The predicted molar refractivity (Wildman–Crippen MR) is 102 cm³/mol. The smallest absolute Gasteiger partial charge is 0.274 e. The van der Waals surface area contributed by atoms with Crippen LogP contribution in [0.4, 0.5) is 11.4 Å². The van der Waals surface area contributed by atoms with Crippen molar-refractivity contribution < 1.29 is 4.79 Å². The molecule has 0 atom stereocenters. The van der Waals surface area contributed by atoms with Crippen molar-refractivity contribution in [3.63, 3.8) is 0 Å². The van der Waals surface area contributed by atoms with Crippen molar-refractivity contribution in [2.75, 3.05) is 23.3 Å². The molecule has 2 aromatic rings. The van der Waals surface area contributed by atoms with Gasteiger partial charge < -0.3 is 10.2 Å². The summed E-state index contributed by atoms with van der Waals surface area (Å²) in [5, 5.41) is 2.89. The Kier molecular flexibility index (Phi) is 5.51. The van der Waals surface area contributed by atoms with E-state index in [-0.39, 0.29) is 5.91 Å². The van der Waals surface area contributed by atoms with E-state index in [1.165, 1.54) is 25.7 Å². The van der Waals surface area contributed by atoms with Crippen LogP contribution in [-0.4, -0.2) is 24.0 Å². The molecular formula is C19H22BrN3O. The van der Waals surface area contributed by atoms with Crippen LogP contribution in [-0.2, 0) is 0 Å². The minimum Gasteiger partial charge on any atom is -0.370 e. The summed E-state index contributed by atoms with van der Waals surface area (Å²) in [5.41, 5.74) is 3.43. The molecule has 1 saturated heterocycles. The number of pyridine rings is 1. The van der Waals surface area contributed by atoms with Gasteiger partial charge in [0.05, 0.1) is 11.9 Å². The molecule has 0 aliphatic carbocycles. The van der Waals surface area contributed by atoms with Gasteiger partial charge in [0, 0.05) is 23.2 Å². The van der Waals surface area contributed by atoms with Gasteiger partial charge in [0.15, 0.2) is 0 Å². The van der Waals surface area contributed by atoms with Crippen LogP contribution in [0, 0.1) is 6.92 Å². The van der Waals surface area contributed by atoms with E-state index < -0.39 is 0 Å². The summed E-state index contributed by atoms with van der Waals surface area (Å²) >= 11 is 3.48. The van der Waals surface area contributed by atoms with E-state index in [2.05, 4.69) is 31.1 Å². The number of hydrogen-bond donors (Lipinski definition) is 1. The summed E-state index contributed by atoms with van der Waals surface area (Å²) in [4.78, 5) is 19.1. The third-order valence-corrected chi connectivity index (χ3v) is 5.24. The van der Waals surface area contributed by atoms with Crippen LogP contribution >= 0.6 is 15.9 Å². The highest BCUT2D eigenvalue weighted by molar-refractivity contribution is 9.10. The second kappa shape index (κ2) is 7.79. The van der Waals surface area contributed by atoms with Crippen molar-refractivity contribution in [2.45, 2.75) is 32.6 Å². The molecule has 4 nitrogen and oxygen atoms in total. The van der Waals surface area contributed by atoms with Crippen molar-refractivity contribution in [3.05, 3.63) is 52.3 Å². The lowest BCUT2D eigenvalue weighted by atomic mass is 10.2. The van der Waals surface area contributed by atoms with Crippen molar-refractivity contribution in [1.82, 2.24) is 4.98 Å². The zero-order chi connectivity index (χ0) is 16.9. The predicted octanol–water partition coefficient (Wildman–Crippen LogP) is 4.79. The molecule has 1 fully saturated rings. The van der Waals surface area contributed by atoms with Crippen LogP contribution in [0.2, 0.25) is 0 Å². The molecule has 0 spiro atoms. The Bertz CT molecular complexity index is 707. The maximum atomic E-state index is 12.4. The van der Waals surface area contributed by atoms with E-state index >= 15 is 0 Å². The molecule has 1 aromatic heterocycles. The molecule has 1 amide bonds. The molecule has 0 saturated carbocycles. The number of aromatic nitrogens is 1. The van der Waals surface area contributed by atoms with Crippen LogP contribution in [0.15, 0.2) is 41.0 Å². The summed E-state index contributed by atoms with van der Waals surface area (Å²) in [5.74, 6) is -0.187. The third kappa shape index (κ3) is 4.15. The van der Waals surface area contributed by atoms with Gasteiger partial charge in [0.25, 0.3) is 5.91 Å². The fourth-order valence-corrected chi connectivity index (χ4v) is 3.28. The van der Waals surface area contributed by atoms with Gasteiger partial charge in [-0.2, -0.15) is 0 Å². The van der Waals surface area contributed by atoms with Crippen LogP contribution in [0.5, 0.6) is 0 Å². The Morgan fingerprint density at radius 1 is 1.12 bits per heavy atom. The largest absolute Gasteiger partial charge is 0.370 e. The van der Waals surface area contributed by atoms with Gasteiger partial charge in [0.2, 0.25) is 0 Å². The first-order chi connectivity index (χ1) is 11.6. The van der Waals surface area contributed by atoms with Gasteiger partial charge in [-0.15, -0.1) is 0 Å². The minimum absolute atomic E-state index is 0.187. The molecular weight excluding hydrogens is 366 g/mol. The molecule has 1 N–H and O–H groups in total. The zero-order valence-electron chi connectivity index (χ0n) is 13.9. The molecule has 24 heavy (non-hydrogen) atoms. The Hall–Kier alpha value is -1.88. The highest BCUT2D eigenvalue weighted by Crippen LogP contribution is 2.22. The lowest BCUT2D eigenvalue weighted by Gasteiger charge is -2.22. The van der Waals surface area contributed by atoms with Gasteiger partial charge in [-0.1, -0.05) is 34.8 Å². The number of amides is 1. The van der Waals surface area contributed by atoms with E-state index in [1.807, 2.05) is 37.4 Å². The topological polar surface area (TPSA) is 45.2 Å². The average Bonchev–Trinajstić information content (AvgIpc) is 2.88. The Balaban J connectivity index is 1.68. The van der Waals surface area contributed by atoms with Gasteiger partial charge in [-0.3, -0.25) is 4.79 Å². The number of benzene rings is 1. The molecule has 2 heterocycles. The number of nitrogens with zero attached hydrogens (tertiary/aromatic N) is 2. The maximum Gasteiger partial charge on any atom is 0.274 e. The summed E-state index contributed by atoms with van der Waals surface area (Å²) in [6, 6.07) is 9.56. The van der Waals surface area contributed by atoms with Gasteiger partial charge >= 0.3 is 0 Å². The molecule has 1 aliphatic heterocycles. The fourth-order valence-electron chi connectivity index (χ4n) is 2.90. The van der Waals surface area contributed by atoms with Crippen molar-refractivity contribution in [3.8, 4) is 0 Å². The molecule has 5 heteroatoms. The summed E-state index contributed by atoms with van der Waals surface area (Å²) in [7, 11) is 0. The van der Waals surface area contributed by atoms with Crippen LogP contribution in [0.1, 0.15) is 41.7 Å². The molecule has 126 valence electrons. The number of hydrogen-bond acceptors (Lipinski definition) is 3. The van der Waals surface area contributed by atoms with E-state index in [0.29, 0.717) is 5.69 Å². The second-order valence-electron chi connectivity index (χ2n) is 6.22. The van der Waals surface area contributed by atoms with Crippen molar-refractivity contribution >= 4 is 33.2 Å². The molecule has 3 rings (SSSR count). The van der Waals surface area contributed by atoms with E-state index in [9.17, 15) is 4.79 Å². The highest BCUT2D eigenvalue weighted by atomic mass is 79.9. The lowest BCUT2D eigenvalue weighted by molar-refractivity contribution is 0.102. The first-order valence-electron chi connectivity index (χ1n) is 8.42. The lowest BCUT2D eigenvalue weighted by Crippen LogP contribution is -2.24. The molecule has 0 unspecified atom stereocenters. The van der Waals surface area contributed by atoms with E-state index in [1.54, 1.807) is 6.07 Å². The number of halogens is 1. The fraction of sp³-hybridized carbons (Fsp3) is 0.368. The quantitative estimate of drug-likeness (QED) is 0.823.